The minimum Gasteiger partial charge on any atom is -0.507 e. The molecule has 0 radical (unpaired) electrons. The molecule has 0 aliphatic heterocycles. The molecule has 0 aliphatic carbocycles. The molecule has 6 nitrogen and oxygen atoms in total. The fourth-order valence-corrected chi connectivity index (χ4v) is 3.55. The van der Waals surface area contributed by atoms with Crippen LogP contribution in [0.4, 0.5) is 0 Å². The first-order chi connectivity index (χ1) is 14.7. The summed E-state index contributed by atoms with van der Waals surface area (Å²) in [5.74, 6) is 0.307. The van der Waals surface area contributed by atoms with Gasteiger partial charge in [0, 0.05) is 11.1 Å². The highest BCUT2D eigenvalue weighted by Gasteiger charge is 2.25. The zero-order valence-corrected chi connectivity index (χ0v) is 18.8. The van der Waals surface area contributed by atoms with Gasteiger partial charge in [-0.05, 0) is 52.7 Å². The van der Waals surface area contributed by atoms with E-state index in [9.17, 15) is 15.0 Å². The van der Waals surface area contributed by atoms with Crippen molar-refractivity contribution in [3.05, 3.63) is 56.8 Å². The lowest BCUT2D eigenvalue weighted by molar-refractivity contribution is 0.402. The van der Waals surface area contributed by atoms with Crippen molar-refractivity contribution in [1.29, 1.82) is 0 Å². The van der Waals surface area contributed by atoms with Gasteiger partial charge in [0.1, 0.15) is 33.6 Å². The SMILES string of the molecule is COc1ccc(OC)c2c(=O)c3c(O)c(CC=C(C)C)c(O)c(CC=C(C)C)c3oc12. The highest BCUT2D eigenvalue weighted by molar-refractivity contribution is 6.00. The molecule has 164 valence electrons. The smallest absolute Gasteiger partial charge is 0.208 e. The molecule has 0 unspecified atom stereocenters. The fourth-order valence-electron chi connectivity index (χ4n) is 3.55. The third-order valence-electron chi connectivity index (χ3n) is 5.21. The quantitative estimate of drug-likeness (QED) is 0.407. The first kappa shape index (κ1) is 22.3. The Morgan fingerprint density at radius 3 is 1.94 bits per heavy atom. The van der Waals surface area contributed by atoms with Gasteiger partial charge >= 0.3 is 0 Å². The van der Waals surface area contributed by atoms with Crippen molar-refractivity contribution < 1.29 is 24.1 Å². The Labute approximate surface area is 181 Å². The molecule has 0 fully saturated rings. The van der Waals surface area contributed by atoms with Gasteiger partial charge < -0.3 is 24.1 Å². The molecule has 0 bridgehead atoms. The lowest BCUT2D eigenvalue weighted by atomic mass is 9.96. The van der Waals surface area contributed by atoms with E-state index in [1.54, 1.807) is 12.1 Å². The maximum Gasteiger partial charge on any atom is 0.208 e. The van der Waals surface area contributed by atoms with Crippen LogP contribution in [-0.4, -0.2) is 24.4 Å². The van der Waals surface area contributed by atoms with E-state index in [1.807, 2.05) is 39.8 Å². The molecule has 0 aliphatic rings. The Hall–Kier alpha value is -3.41. The Kier molecular flexibility index (Phi) is 6.29. The van der Waals surface area contributed by atoms with Gasteiger partial charge in [0.2, 0.25) is 5.43 Å². The van der Waals surface area contributed by atoms with Crippen LogP contribution in [0.5, 0.6) is 23.0 Å². The van der Waals surface area contributed by atoms with E-state index in [4.69, 9.17) is 13.9 Å². The number of fused-ring (bicyclic) bond motifs is 2. The number of hydrogen-bond acceptors (Lipinski definition) is 6. The first-order valence-corrected chi connectivity index (χ1v) is 10.0. The van der Waals surface area contributed by atoms with Crippen molar-refractivity contribution in [3.8, 4) is 23.0 Å². The second-order valence-corrected chi connectivity index (χ2v) is 7.94. The van der Waals surface area contributed by atoms with Crippen molar-refractivity contribution in [2.75, 3.05) is 14.2 Å². The maximum atomic E-state index is 13.6. The minimum atomic E-state index is -0.443. The summed E-state index contributed by atoms with van der Waals surface area (Å²) in [6.07, 6.45) is 4.44. The van der Waals surface area contributed by atoms with Crippen LogP contribution in [0, 0.1) is 0 Å². The molecule has 3 aromatic rings. The van der Waals surface area contributed by atoms with Gasteiger partial charge in [-0.1, -0.05) is 23.3 Å². The lowest BCUT2D eigenvalue weighted by Crippen LogP contribution is -2.08. The number of benzene rings is 2. The number of hydrogen-bond donors (Lipinski definition) is 2. The van der Waals surface area contributed by atoms with Crippen LogP contribution in [0.25, 0.3) is 21.9 Å². The van der Waals surface area contributed by atoms with Crippen LogP contribution in [0.15, 0.2) is 44.6 Å². The zero-order valence-electron chi connectivity index (χ0n) is 18.8. The predicted octanol–water partition coefficient (Wildman–Crippen LogP) is 5.39. The van der Waals surface area contributed by atoms with Gasteiger partial charge in [0.15, 0.2) is 11.3 Å². The van der Waals surface area contributed by atoms with Crippen LogP contribution in [-0.2, 0) is 12.8 Å². The summed E-state index contributed by atoms with van der Waals surface area (Å²) < 4.78 is 16.9. The molecule has 31 heavy (non-hydrogen) atoms. The zero-order chi connectivity index (χ0) is 22.9. The second-order valence-electron chi connectivity index (χ2n) is 7.94. The molecule has 0 amide bonds. The summed E-state index contributed by atoms with van der Waals surface area (Å²) in [5, 5.41) is 22.3. The van der Waals surface area contributed by atoms with Gasteiger partial charge in [0.25, 0.3) is 0 Å². The normalized spacial score (nSPS) is 10.9. The van der Waals surface area contributed by atoms with Crippen molar-refractivity contribution in [1.82, 2.24) is 0 Å². The number of allylic oxidation sites excluding steroid dienone is 4. The molecule has 2 aromatic carbocycles. The summed E-state index contributed by atoms with van der Waals surface area (Å²) in [5.41, 5.74) is 2.71. The molecule has 6 heteroatoms. The van der Waals surface area contributed by atoms with Gasteiger partial charge in [-0.2, -0.15) is 0 Å². The Morgan fingerprint density at radius 2 is 1.39 bits per heavy atom. The third kappa shape index (κ3) is 3.98. The molecule has 0 spiro atoms. The summed E-state index contributed by atoms with van der Waals surface area (Å²) in [7, 11) is 2.94. The lowest BCUT2D eigenvalue weighted by Gasteiger charge is -2.16. The van der Waals surface area contributed by atoms with Gasteiger partial charge in [-0.15, -0.1) is 0 Å². The number of methoxy groups -OCH3 is 2. The first-order valence-electron chi connectivity index (χ1n) is 10.0. The second kappa shape index (κ2) is 8.76. The van der Waals surface area contributed by atoms with Gasteiger partial charge in [-0.25, -0.2) is 0 Å². The van der Waals surface area contributed by atoms with E-state index in [2.05, 4.69) is 0 Å². The van der Waals surface area contributed by atoms with Crippen molar-refractivity contribution in [2.45, 2.75) is 40.5 Å². The Morgan fingerprint density at radius 1 is 0.839 bits per heavy atom. The molecule has 1 heterocycles. The fraction of sp³-hybridized carbons (Fsp3) is 0.320. The predicted molar refractivity (Wildman–Crippen MR) is 123 cm³/mol. The summed E-state index contributed by atoms with van der Waals surface area (Å²) in [4.78, 5) is 13.6. The average Bonchev–Trinajstić information content (AvgIpc) is 2.72. The number of aromatic hydroxyl groups is 2. The van der Waals surface area contributed by atoms with E-state index in [-0.39, 0.29) is 39.9 Å². The summed E-state index contributed by atoms with van der Waals surface area (Å²) in [6, 6.07) is 3.27. The molecule has 2 N–H and O–H groups in total. The molecular weight excluding hydrogens is 396 g/mol. The monoisotopic (exact) mass is 424 g/mol. The van der Waals surface area contributed by atoms with E-state index in [1.165, 1.54) is 14.2 Å². The summed E-state index contributed by atoms with van der Waals surface area (Å²) >= 11 is 0. The van der Waals surface area contributed by atoms with E-state index in [0.29, 0.717) is 29.0 Å². The van der Waals surface area contributed by atoms with Gasteiger partial charge in [0.05, 0.1) is 14.2 Å². The molecule has 0 atom stereocenters. The number of rotatable bonds is 6. The van der Waals surface area contributed by atoms with Crippen LogP contribution >= 0.6 is 0 Å². The van der Waals surface area contributed by atoms with E-state index in [0.717, 1.165) is 11.1 Å². The molecular formula is C25H28O6. The Bertz CT molecular complexity index is 1270. The van der Waals surface area contributed by atoms with Crippen molar-refractivity contribution in [3.63, 3.8) is 0 Å². The van der Waals surface area contributed by atoms with Crippen LogP contribution < -0.4 is 14.9 Å². The largest absolute Gasteiger partial charge is 0.507 e. The minimum absolute atomic E-state index is 0.0196. The molecule has 1 aromatic heterocycles. The van der Waals surface area contributed by atoms with Gasteiger partial charge in [-0.3, -0.25) is 4.79 Å². The van der Waals surface area contributed by atoms with E-state index >= 15 is 0 Å². The topological polar surface area (TPSA) is 89.1 Å². The van der Waals surface area contributed by atoms with Crippen molar-refractivity contribution in [2.24, 2.45) is 0 Å². The summed E-state index contributed by atoms with van der Waals surface area (Å²) in [6.45, 7) is 7.75. The average molecular weight is 424 g/mol. The standard InChI is InChI=1S/C25H28O6/c1-13(2)7-9-15-21(26)16(10-8-14(3)4)24-20(22(15)27)23(28)19-17(29-5)11-12-18(30-6)25(19)31-24/h7-8,11-12,26-27H,9-10H2,1-6H3. The van der Waals surface area contributed by atoms with Crippen LogP contribution in [0.3, 0.4) is 0 Å². The number of phenolic OH excluding ortho intramolecular Hbond substituents is 2. The highest BCUT2D eigenvalue weighted by Crippen LogP contribution is 2.42. The number of phenols is 2. The molecule has 0 saturated carbocycles. The molecule has 3 rings (SSSR count). The number of ether oxygens (including phenoxy) is 2. The third-order valence-corrected chi connectivity index (χ3v) is 5.21. The maximum absolute atomic E-state index is 13.6. The van der Waals surface area contributed by atoms with Crippen LogP contribution in [0.2, 0.25) is 0 Å². The van der Waals surface area contributed by atoms with Crippen LogP contribution in [0.1, 0.15) is 38.8 Å². The Balaban J connectivity index is 2.56. The molecule has 0 saturated heterocycles. The van der Waals surface area contributed by atoms with E-state index < -0.39 is 5.43 Å². The highest BCUT2D eigenvalue weighted by atomic mass is 16.5. The van der Waals surface area contributed by atoms with Crippen molar-refractivity contribution >= 4 is 21.9 Å².